The highest BCUT2D eigenvalue weighted by Crippen LogP contribution is 2.28. The van der Waals surface area contributed by atoms with Gasteiger partial charge in [-0.2, -0.15) is 17.0 Å². The molecular weight excluding hydrogens is 276 g/mol. The molecule has 6 heteroatoms. The quantitative estimate of drug-likeness (QED) is 0.797. The van der Waals surface area contributed by atoms with Crippen molar-refractivity contribution < 1.29 is 13.2 Å². The molecular formula is C14H26N2O3S. The van der Waals surface area contributed by atoms with Crippen LogP contribution in [0, 0.1) is 0 Å². The van der Waals surface area contributed by atoms with Crippen LogP contribution in [0.5, 0.6) is 0 Å². The molecule has 0 aromatic heterocycles. The summed E-state index contributed by atoms with van der Waals surface area (Å²) in [5.41, 5.74) is 0. The molecule has 2 saturated heterocycles. The van der Waals surface area contributed by atoms with Gasteiger partial charge in [-0.15, -0.1) is 0 Å². The number of ketones is 1. The molecule has 5 nitrogen and oxygen atoms in total. The number of rotatable bonds is 4. The Morgan fingerprint density at radius 3 is 2.25 bits per heavy atom. The standard InChI is InChI=1S/C14H26N2O3S/c1-12-7-3-5-9-15(12)20(18,19)16-10-6-4-8-14(16)11-13(2)17/h12,14H,3-11H2,1-2H3. The van der Waals surface area contributed by atoms with E-state index in [0.717, 1.165) is 38.5 Å². The van der Waals surface area contributed by atoms with E-state index in [-0.39, 0.29) is 17.9 Å². The first-order valence-corrected chi connectivity index (χ1v) is 9.10. The van der Waals surface area contributed by atoms with Gasteiger partial charge in [0.25, 0.3) is 10.2 Å². The second kappa shape index (κ2) is 6.54. The Bertz CT molecular complexity index is 449. The van der Waals surface area contributed by atoms with Crippen molar-refractivity contribution in [1.29, 1.82) is 0 Å². The number of Topliss-reactive ketones (excluding diaryl/α,β-unsaturated/α-hetero) is 1. The van der Waals surface area contributed by atoms with Crippen molar-refractivity contribution in [3.8, 4) is 0 Å². The number of nitrogens with zero attached hydrogens (tertiary/aromatic N) is 2. The number of hydrogen-bond donors (Lipinski definition) is 0. The number of piperidine rings is 2. The van der Waals surface area contributed by atoms with E-state index in [4.69, 9.17) is 0 Å². The Hall–Kier alpha value is -0.460. The third-order valence-electron chi connectivity index (χ3n) is 4.43. The molecule has 0 saturated carbocycles. The van der Waals surface area contributed by atoms with E-state index >= 15 is 0 Å². The summed E-state index contributed by atoms with van der Waals surface area (Å²) < 4.78 is 29.0. The van der Waals surface area contributed by atoms with Crippen molar-refractivity contribution in [3.05, 3.63) is 0 Å². The topological polar surface area (TPSA) is 57.7 Å². The number of carbonyl (C=O) groups excluding carboxylic acids is 1. The van der Waals surface area contributed by atoms with Gasteiger partial charge in [0.2, 0.25) is 0 Å². The van der Waals surface area contributed by atoms with Gasteiger partial charge in [-0.05, 0) is 39.5 Å². The molecule has 2 aliphatic rings. The van der Waals surface area contributed by atoms with E-state index in [2.05, 4.69) is 0 Å². The van der Waals surface area contributed by atoms with E-state index in [0.29, 0.717) is 19.5 Å². The van der Waals surface area contributed by atoms with Crippen LogP contribution in [0.15, 0.2) is 0 Å². The average molecular weight is 302 g/mol. The van der Waals surface area contributed by atoms with Crippen molar-refractivity contribution in [2.75, 3.05) is 13.1 Å². The Labute approximate surface area is 122 Å². The summed E-state index contributed by atoms with van der Waals surface area (Å²) in [6.07, 6.45) is 6.04. The van der Waals surface area contributed by atoms with Gasteiger partial charge in [-0.25, -0.2) is 0 Å². The van der Waals surface area contributed by atoms with Gasteiger partial charge >= 0.3 is 0 Å². The molecule has 0 bridgehead atoms. The van der Waals surface area contributed by atoms with Crippen molar-refractivity contribution in [2.45, 2.75) is 70.9 Å². The van der Waals surface area contributed by atoms with Crippen molar-refractivity contribution in [2.24, 2.45) is 0 Å². The zero-order chi connectivity index (χ0) is 14.8. The zero-order valence-electron chi connectivity index (χ0n) is 12.5. The van der Waals surface area contributed by atoms with Gasteiger partial charge in [0.15, 0.2) is 0 Å². The van der Waals surface area contributed by atoms with E-state index in [1.54, 1.807) is 15.5 Å². The molecule has 20 heavy (non-hydrogen) atoms. The van der Waals surface area contributed by atoms with Gasteiger partial charge in [0, 0.05) is 31.6 Å². The van der Waals surface area contributed by atoms with Crippen LogP contribution in [0.4, 0.5) is 0 Å². The molecule has 2 fully saturated rings. The van der Waals surface area contributed by atoms with Crippen LogP contribution in [-0.4, -0.2) is 48.0 Å². The monoisotopic (exact) mass is 302 g/mol. The van der Waals surface area contributed by atoms with Crippen LogP contribution in [0.1, 0.15) is 58.8 Å². The third-order valence-corrected chi connectivity index (χ3v) is 6.64. The van der Waals surface area contributed by atoms with Gasteiger partial charge in [0.1, 0.15) is 5.78 Å². The molecule has 0 radical (unpaired) electrons. The van der Waals surface area contributed by atoms with Crippen molar-refractivity contribution >= 4 is 16.0 Å². The summed E-state index contributed by atoms with van der Waals surface area (Å²) in [5, 5.41) is 0. The van der Waals surface area contributed by atoms with E-state index in [1.165, 1.54) is 0 Å². The second-order valence-electron chi connectivity index (χ2n) is 6.13. The lowest BCUT2D eigenvalue weighted by Crippen LogP contribution is -2.54. The van der Waals surface area contributed by atoms with Crippen molar-refractivity contribution in [3.63, 3.8) is 0 Å². The van der Waals surface area contributed by atoms with E-state index in [1.807, 2.05) is 6.92 Å². The molecule has 0 amide bonds. The predicted octanol–water partition coefficient (Wildman–Crippen LogP) is 1.94. The molecule has 2 aliphatic heterocycles. The predicted molar refractivity (Wildman–Crippen MR) is 78.6 cm³/mol. The highest BCUT2D eigenvalue weighted by atomic mass is 32.2. The Kier molecular flexibility index (Phi) is 5.20. The smallest absolute Gasteiger partial charge is 0.282 e. The fraction of sp³-hybridized carbons (Fsp3) is 0.929. The Morgan fingerprint density at radius 2 is 1.65 bits per heavy atom. The van der Waals surface area contributed by atoms with Gasteiger partial charge < -0.3 is 0 Å². The van der Waals surface area contributed by atoms with Crippen LogP contribution in [0.3, 0.4) is 0 Å². The lowest BCUT2D eigenvalue weighted by molar-refractivity contribution is -0.118. The zero-order valence-corrected chi connectivity index (χ0v) is 13.4. The fourth-order valence-electron chi connectivity index (χ4n) is 3.36. The van der Waals surface area contributed by atoms with Crippen molar-refractivity contribution in [1.82, 2.24) is 8.61 Å². The summed E-state index contributed by atoms with van der Waals surface area (Å²) in [4.78, 5) is 11.4. The molecule has 0 aromatic rings. The Balaban J connectivity index is 2.18. The molecule has 2 unspecified atom stereocenters. The highest BCUT2D eigenvalue weighted by Gasteiger charge is 2.39. The average Bonchev–Trinajstić information content (AvgIpc) is 2.38. The highest BCUT2D eigenvalue weighted by molar-refractivity contribution is 7.86. The maximum absolute atomic E-state index is 12.9. The van der Waals surface area contributed by atoms with Gasteiger partial charge in [-0.3, -0.25) is 4.79 Å². The first-order valence-electron chi connectivity index (χ1n) is 7.71. The van der Waals surface area contributed by atoms with Crippen LogP contribution in [0.2, 0.25) is 0 Å². The third kappa shape index (κ3) is 3.40. The van der Waals surface area contributed by atoms with Crippen LogP contribution >= 0.6 is 0 Å². The lowest BCUT2D eigenvalue weighted by atomic mass is 10.0. The number of hydrogen-bond acceptors (Lipinski definition) is 3. The minimum Gasteiger partial charge on any atom is -0.300 e. The molecule has 0 aliphatic carbocycles. The van der Waals surface area contributed by atoms with Crippen LogP contribution in [0.25, 0.3) is 0 Å². The second-order valence-corrected chi connectivity index (χ2v) is 7.96. The fourth-order valence-corrected chi connectivity index (χ4v) is 5.47. The molecule has 2 heterocycles. The van der Waals surface area contributed by atoms with E-state index < -0.39 is 10.2 Å². The minimum atomic E-state index is -3.41. The summed E-state index contributed by atoms with van der Waals surface area (Å²) in [6.45, 7) is 4.71. The van der Waals surface area contributed by atoms with Crippen LogP contribution < -0.4 is 0 Å². The molecule has 0 aromatic carbocycles. The SMILES string of the molecule is CC(=O)CC1CCCCN1S(=O)(=O)N1CCCCC1C. The van der Waals surface area contributed by atoms with E-state index in [9.17, 15) is 13.2 Å². The minimum absolute atomic E-state index is 0.0730. The molecule has 116 valence electrons. The first-order chi connectivity index (χ1) is 9.43. The molecule has 0 spiro atoms. The molecule has 0 N–H and O–H groups in total. The van der Waals surface area contributed by atoms with Crippen LogP contribution in [-0.2, 0) is 15.0 Å². The first kappa shape index (κ1) is 15.9. The largest absolute Gasteiger partial charge is 0.300 e. The normalized spacial score (nSPS) is 30.3. The number of carbonyl (C=O) groups is 1. The van der Waals surface area contributed by atoms with Gasteiger partial charge in [0.05, 0.1) is 0 Å². The molecule has 2 atom stereocenters. The summed E-state index contributed by atoms with van der Waals surface area (Å²) in [5.74, 6) is 0.0730. The summed E-state index contributed by atoms with van der Waals surface area (Å²) in [6, 6.07) is -0.0611. The maximum atomic E-state index is 12.9. The molecule has 2 rings (SSSR count). The Morgan fingerprint density at radius 1 is 1.05 bits per heavy atom. The van der Waals surface area contributed by atoms with Gasteiger partial charge in [-0.1, -0.05) is 12.8 Å². The summed E-state index contributed by atoms with van der Waals surface area (Å²) >= 11 is 0. The lowest BCUT2D eigenvalue weighted by Gasteiger charge is -2.41. The summed E-state index contributed by atoms with van der Waals surface area (Å²) in [7, 11) is -3.41. The maximum Gasteiger partial charge on any atom is 0.282 e.